The van der Waals surface area contributed by atoms with E-state index < -0.39 is 0 Å². The van der Waals surface area contributed by atoms with E-state index in [1.807, 2.05) is 18.0 Å². The van der Waals surface area contributed by atoms with Gasteiger partial charge in [-0.25, -0.2) is 0 Å². The molecule has 1 aromatic carbocycles. The van der Waals surface area contributed by atoms with Gasteiger partial charge in [-0.3, -0.25) is 4.79 Å². The highest BCUT2D eigenvalue weighted by atomic mass is 79.9. The van der Waals surface area contributed by atoms with Gasteiger partial charge in [-0.15, -0.1) is 11.3 Å². The van der Waals surface area contributed by atoms with Crippen molar-refractivity contribution >= 4 is 54.7 Å². The van der Waals surface area contributed by atoms with Gasteiger partial charge in [-0.1, -0.05) is 19.1 Å². The SMILES string of the molecule is CCc1ccc(N(C)CC(=O)c2cc(Br)sc2Br)cc1. The molecule has 2 rings (SSSR count). The predicted molar refractivity (Wildman–Crippen MR) is 93.1 cm³/mol. The van der Waals surface area contributed by atoms with Gasteiger partial charge in [-0.2, -0.15) is 0 Å². The molecule has 0 saturated heterocycles. The fraction of sp³-hybridized carbons (Fsp3) is 0.267. The van der Waals surface area contributed by atoms with Crippen molar-refractivity contribution in [3.8, 4) is 0 Å². The molecule has 20 heavy (non-hydrogen) atoms. The van der Waals surface area contributed by atoms with E-state index in [1.54, 1.807) is 0 Å². The molecular weight excluding hydrogens is 402 g/mol. The Hall–Kier alpha value is -0.650. The lowest BCUT2D eigenvalue weighted by Gasteiger charge is -2.18. The maximum absolute atomic E-state index is 12.3. The smallest absolute Gasteiger partial charge is 0.184 e. The number of rotatable bonds is 5. The van der Waals surface area contributed by atoms with Crippen molar-refractivity contribution in [3.05, 3.63) is 49.0 Å². The molecule has 0 unspecified atom stereocenters. The molecule has 0 amide bonds. The van der Waals surface area contributed by atoms with E-state index in [1.165, 1.54) is 16.9 Å². The normalized spacial score (nSPS) is 10.6. The number of aryl methyl sites for hydroxylation is 1. The summed E-state index contributed by atoms with van der Waals surface area (Å²) in [6, 6.07) is 10.2. The van der Waals surface area contributed by atoms with Crippen LogP contribution in [0.5, 0.6) is 0 Å². The van der Waals surface area contributed by atoms with E-state index in [4.69, 9.17) is 0 Å². The van der Waals surface area contributed by atoms with Gasteiger partial charge in [0.05, 0.1) is 14.1 Å². The first-order valence-electron chi connectivity index (χ1n) is 6.29. The molecule has 0 aliphatic heterocycles. The Kier molecular flexibility index (Phi) is 5.41. The number of anilines is 1. The second-order valence-electron chi connectivity index (χ2n) is 4.54. The zero-order valence-corrected chi connectivity index (χ0v) is 15.3. The second-order valence-corrected chi connectivity index (χ2v) is 8.29. The summed E-state index contributed by atoms with van der Waals surface area (Å²) in [6.07, 6.45) is 1.03. The van der Waals surface area contributed by atoms with E-state index in [9.17, 15) is 4.79 Å². The van der Waals surface area contributed by atoms with Crippen molar-refractivity contribution in [2.45, 2.75) is 13.3 Å². The Morgan fingerprint density at radius 3 is 2.40 bits per heavy atom. The molecule has 0 aliphatic rings. The van der Waals surface area contributed by atoms with Crippen molar-refractivity contribution in [1.29, 1.82) is 0 Å². The van der Waals surface area contributed by atoms with Crippen LogP contribution in [0, 0.1) is 0 Å². The highest BCUT2D eigenvalue weighted by molar-refractivity contribution is 9.12. The van der Waals surface area contributed by atoms with E-state index in [2.05, 4.69) is 63.0 Å². The highest BCUT2D eigenvalue weighted by Gasteiger charge is 2.15. The van der Waals surface area contributed by atoms with Crippen LogP contribution in [-0.4, -0.2) is 19.4 Å². The first kappa shape index (κ1) is 15.7. The van der Waals surface area contributed by atoms with Crippen LogP contribution in [-0.2, 0) is 6.42 Å². The fourth-order valence-corrected chi connectivity index (χ4v) is 4.76. The molecular formula is C15H15Br2NOS. The van der Waals surface area contributed by atoms with Crippen LogP contribution < -0.4 is 4.90 Å². The van der Waals surface area contributed by atoms with E-state index in [0.717, 1.165) is 25.2 Å². The molecule has 0 spiro atoms. The first-order valence-corrected chi connectivity index (χ1v) is 8.69. The summed E-state index contributed by atoms with van der Waals surface area (Å²) >= 11 is 8.35. The van der Waals surface area contributed by atoms with Crippen LogP contribution in [0.3, 0.4) is 0 Å². The number of halogens is 2. The molecule has 0 N–H and O–H groups in total. The second kappa shape index (κ2) is 6.87. The largest absolute Gasteiger partial charge is 0.367 e. The number of hydrogen-bond acceptors (Lipinski definition) is 3. The minimum absolute atomic E-state index is 0.112. The molecule has 2 aromatic rings. The minimum atomic E-state index is 0.112. The topological polar surface area (TPSA) is 20.3 Å². The van der Waals surface area contributed by atoms with Gasteiger partial charge < -0.3 is 4.90 Å². The summed E-state index contributed by atoms with van der Waals surface area (Å²) in [5.41, 5.74) is 3.10. The first-order chi connectivity index (χ1) is 9.51. The third-order valence-electron chi connectivity index (χ3n) is 3.12. The summed E-state index contributed by atoms with van der Waals surface area (Å²) in [7, 11) is 1.94. The quantitative estimate of drug-likeness (QED) is 0.627. The number of ketones is 1. The summed E-state index contributed by atoms with van der Waals surface area (Å²) in [5, 5.41) is 0. The molecule has 0 aliphatic carbocycles. The highest BCUT2D eigenvalue weighted by Crippen LogP contribution is 2.32. The van der Waals surface area contributed by atoms with Gasteiger partial charge in [-0.05, 0) is 62.0 Å². The molecule has 0 bridgehead atoms. The molecule has 0 radical (unpaired) electrons. The van der Waals surface area contributed by atoms with Gasteiger partial charge in [0.1, 0.15) is 0 Å². The molecule has 0 atom stereocenters. The van der Waals surface area contributed by atoms with Crippen molar-refractivity contribution in [2.24, 2.45) is 0 Å². The lowest BCUT2D eigenvalue weighted by atomic mass is 10.1. The van der Waals surface area contributed by atoms with Gasteiger partial charge in [0.25, 0.3) is 0 Å². The summed E-state index contributed by atoms with van der Waals surface area (Å²) in [4.78, 5) is 14.3. The summed E-state index contributed by atoms with van der Waals surface area (Å²) in [6.45, 7) is 2.50. The minimum Gasteiger partial charge on any atom is -0.367 e. The average Bonchev–Trinajstić information content (AvgIpc) is 2.78. The maximum atomic E-state index is 12.3. The van der Waals surface area contributed by atoms with Gasteiger partial charge >= 0.3 is 0 Å². The lowest BCUT2D eigenvalue weighted by molar-refractivity contribution is 0.1000. The maximum Gasteiger partial charge on any atom is 0.184 e. The summed E-state index contributed by atoms with van der Waals surface area (Å²) < 4.78 is 1.84. The molecule has 2 nitrogen and oxygen atoms in total. The number of nitrogens with zero attached hydrogens (tertiary/aromatic N) is 1. The number of Topliss-reactive ketones (excluding diaryl/α,β-unsaturated/α-hetero) is 1. The number of carbonyl (C=O) groups is 1. The average molecular weight is 417 g/mol. The zero-order valence-electron chi connectivity index (χ0n) is 11.3. The third-order valence-corrected chi connectivity index (χ3v) is 5.46. The standard InChI is InChI=1S/C15H15Br2NOS/c1-3-10-4-6-11(7-5-10)18(2)9-13(19)12-8-14(16)20-15(12)17/h4-8H,3,9H2,1-2H3. The number of benzene rings is 1. The molecule has 1 heterocycles. The van der Waals surface area contributed by atoms with Crippen LogP contribution in [0.2, 0.25) is 0 Å². The van der Waals surface area contributed by atoms with Gasteiger partial charge in [0.2, 0.25) is 0 Å². The summed E-state index contributed by atoms with van der Waals surface area (Å²) in [5.74, 6) is 0.112. The van der Waals surface area contributed by atoms with E-state index in [0.29, 0.717) is 6.54 Å². The number of carbonyl (C=O) groups excluding carboxylic acids is 1. The number of hydrogen-bond donors (Lipinski definition) is 0. The molecule has 5 heteroatoms. The fourth-order valence-electron chi connectivity index (χ4n) is 1.91. The molecule has 1 aromatic heterocycles. The number of thiophene rings is 1. The molecule has 106 valence electrons. The third kappa shape index (κ3) is 3.71. The van der Waals surface area contributed by atoms with Crippen molar-refractivity contribution in [3.63, 3.8) is 0 Å². The van der Waals surface area contributed by atoms with Crippen LogP contribution in [0.15, 0.2) is 37.9 Å². The predicted octanol–water partition coefficient (Wildman–Crippen LogP) is 5.15. The van der Waals surface area contributed by atoms with Crippen LogP contribution in [0.4, 0.5) is 5.69 Å². The monoisotopic (exact) mass is 415 g/mol. The van der Waals surface area contributed by atoms with Gasteiger partial charge in [0, 0.05) is 18.3 Å². The van der Waals surface area contributed by atoms with Crippen LogP contribution in [0.1, 0.15) is 22.8 Å². The van der Waals surface area contributed by atoms with Crippen molar-refractivity contribution in [1.82, 2.24) is 0 Å². The zero-order chi connectivity index (χ0) is 14.7. The Morgan fingerprint density at radius 1 is 1.25 bits per heavy atom. The molecule has 0 saturated carbocycles. The molecule has 0 fully saturated rings. The Balaban J connectivity index is 2.08. The Bertz CT molecular complexity index is 607. The number of likely N-dealkylation sites (N-methyl/N-ethyl adjacent to an activating group) is 1. The van der Waals surface area contributed by atoms with Crippen molar-refractivity contribution < 1.29 is 4.79 Å². The van der Waals surface area contributed by atoms with Gasteiger partial charge in [0.15, 0.2) is 5.78 Å². The van der Waals surface area contributed by atoms with E-state index >= 15 is 0 Å². The van der Waals surface area contributed by atoms with E-state index in [-0.39, 0.29) is 5.78 Å². The lowest BCUT2D eigenvalue weighted by Crippen LogP contribution is -2.25. The Labute approximate surface area is 140 Å². The van der Waals surface area contributed by atoms with Crippen molar-refractivity contribution in [2.75, 3.05) is 18.5 Å². The van der Waals surface area contributed by atoms with Crippen LogP contribution >= 0.6 is 43.2 Å². The van der Waals surface area contributed by atoms with Crippen LogP contribution in [0.25, 0.3) is 0 Å². The Morgan fingerprint density at radius 2 is 1.90 bits per heavy atom.